The summed E-state index contributed by atoms with van der Waals surface area (Å²) in [6, 6.07) is 20.0. The van der Waals surface area contributed by atoms with Gasteiger partial charge in [-0.15, -0.1) is 0 Å². The van der Waals surface area contributed by atoms with Crippen LogP contribution in [-0.2, 0) is 17.9 Å². The molecule has 9 nitrogen and oxygen atoms in total. The van der Waals surface area contributed by atoms with Gasteiger partial charge in [0.2, 0.25) is 5.91 Å². The van der Waals surface area contributed by atoms with E-state index in [4.69, 9.17) is 14.2 Å². The van der Waals surface area contributed by atoms with Gasteiger partial charge in [-0.2, -0.15) is 4.98 Å². The molecule has 0 fully saturated rings. The zero-order valence-electron chi connectivity index (χ0n) is 19.7. The van der Waals surface area contributed by atoms with Gasteiger partial charge in [-0.3, -0.25) is 9.36 Å². The van der Waals surface area contributed by atoms with Crippen LogP contribution in [0.5, 0.6) is 17.2 Å². The van der Waals surface area contributed by atoms with Crippen LogP contribution in [0.2, 0.25) is 0 Å². The molecule has 1 heterocycles. The van der Waals surface area contributed by atoms with Crippen LogP contribution >= 0.6 is 0 Å². The van der Waals surface area contributed by atoms with Gasteiger partial charge in [0.25, 0.3) is 0 Å². The van der Waals surface area contributed by atoms with Crippen LogP contribution in [-0.4, -0.2) is 36.8 Å². The number of amides is 1. The summed E-state index contributed by atoms with van der Waals surface area (Å²) in [7, 11) is 4.67. The Hall–Kier alpha value is -4.53. The molecule has 0 aliphatic rings. The summed E-state index contributed by atoms with van der Waals surface area (Å²) >= 11 is 0. The van der Waals surface area contributed by atoms with E-state index in [1.807, 2.05) is 42.5 Å². The van der Waals surface area contributed by atoms with Crippen LogP contribution in [0.15, 0.2) is 71.5 Å². The second kappa shape index (κ2) is 10.6. The maximum Gasteiger partial charge on any atom is 0.350 e. The molecule has 3 aromatic carbocycles. The molecule has 0 spiro atoms. The number of rotatable bonds is 9. The van der Waals surface area contributed by atoms with Crippen molar-refractivity contribution in [1.82, 2.24) is 9.55 Å². The Labute approximate surface area is 202 Å². The van der Waals surface area contributed by atoms with E-state index >= 15 is 0 Å². The van der Waals surface area contributed by atoms with Crippen LogP contribution in [0.4, 0.5) is 11.5 Å². The molecular formula is C26H26N4O5. The number of nitrogens with one attached hydrogen (secondary N) is 2. The van der Waals surface area contributed by atoms with Crippen molar-refractivity contribution < 1.29 is 19.0 Å². The Morgan fingerprint density at radius 2 is 1.66 bits per heavy atom. The number of hydrogen-bond acceptors (Lipinski definition) is 7. The average molecular weight is 475 g/mol. The molecule has 35 heavy (non-hydrogen) atoms. The van der Waals surface area contributed by atoms with Crippen molar-refractivity contribution in [3.05, 3.63) is 82.8 Å². The summed E-state index contributed by atoms with van der Waals surface area (Å²) in [6.07, 6.45) is 0. The lowest BCUT2D eigenvalue weighted by atomic mass is 10.2. The Balaban J connectivity index is 1.55. The monoisotopic (exact) mass is 474 g/mol. The molecule has 0 radical (unpaired) electrons. The Morgan fingerprint density at radius 3 is 2.37 bits per heavy atom. The van der Waals surface area contributed by atoms with Gasteiger partial charge >= 0.3 is 5.69 Å². The van der Waals surface area contributed by atoms with Crippen molar-refractivity contribution in [3.8, 4) is 17.2 Å². The second-order valence-electron chi connectivity index (χ2n) is 7.67. The van der Waals surface area contributed by atoms with Crippen LogP contribution < -0.4 is 30.5 Å². The molecule has 1 amide bonds. The van der Waals surface area contributed by atoms with Crippen molar-refractivity contribution in [2.75, 3.05) is 32.0 Å². The van der Waals surface area contributed by atoms with E-state index in [2.05, 4.69) is 15.6 Å². The zero-order valence-corrected chi connectivity index (χ0v) is 19.7. The minimum Gasteiger partial charge on any atom is -0.497 e. The summed E-state index contributed by atoms with van der Waals surface area (Å²) in [6.45, 7) is 0.281. The first-order valence-corrected chi connectivity index (χ1v) is 10.9. The average Bonchev–Trinajstić information content (AvgIpc) is 2.89. The topological polar surface area (TPSA) is 104 Å². The standard InChI is InChI=1S/C26H26N4O5/c1-33-19-11-8-17(9-12-19)15-27-25-20-6-4-5-7-21(20)30(26(32)29-25)16-24(31)28-18-10-13-22(34-2)23(14-18)35-3/h4-14H,15-16H2,1-3H3,(H,28,31)(H,27,29,32). The first-order chi connectivity index (χ1) is 17.0. The number of hydrogen-bond donors (Lipinski definition) is 2. The highest BCUT2D eigenvalue weighted by molar-refractivity contribution is 5.93. The molecule has 4 rings (SSSR count). The Kier molecular flexibility index (Phi) is 7.15. The highest BCUT2D eigenvalue weighted by Gasteiger charge is 2.14. The van der Waals surface area contributed by atoms with Crippen LogP contribution in [0.3, 0.4) is 0 Å². The smallest absolute Gasteiger partial charge is 0.350 e. The summed E-state index contributed by atoms with van der Waals surface area (Å²) in [5.41, 5.74) is 1.61. The molecule has 180 valence electrons. The summed E-state index contributed by atoms with van der Waals surface area (Å²) in [4.78, 5) is 29.9. The van der Waals surface area contributed by atoms with Gasteiger partial charge in [-0.05, 0) is 42.0 Å². The predicted molar refractivity (Wildman–Crippen MR) is 134 cm³/mol. The highest BCUT2D eigenvalue weighted by atomic mass is 16.5. The Morgan fingerprint density at radius 1 is 0.914 bits per heavy atom. The third kappa shape index (κ3) is 5.35. The molecule has 0 saturated heterocycles. The number of benzene rings is 3. The molecule has 9 heteroatoms. The van der Waals surface area contributed by atoms with Gasteiger partial charge in [-0.25, -0.2) is 4.79 Å². The van der Waals surface area contributed by atoms with Gasteiger partial charge in [-0.1, -0.05) is 24.3 Å². The fourth-order valence-corrected chi connectivity index (χ4v) is 3.70. The maximum absolute atomic E-state index is 12.9. The molecule has 0 bridgehead atoms. The third-order valence-corrected chi connectivity index (χ3v) is 5.48. The van der Waals surface area contributed by atoms with E-state index in [1.165, 1.54) is 18.8 Å². The van der Waals surface area contributed by atoms with Gasteiger partial charge in [0, 0.05) is 23.7 Å². The summed E-state index contributed by atoms with van der Waals surface area (Å²) in [5.74, 6) is 1.89. The lowest BCUT2D eigenvalue weighted by Crippen LogP contribution is -2.30. The number of aromatic nitrogens is 2. The molecule has 0 aliphatic heterocycles. The number of fused-ring (bicyclic) bond motifs is 1. The fraction of sp³-hybridized carbons (Fsp3) is 0.192. The number of carbonyl (C=O) groups excluding carboxylic acids is 1. The van der Waals surface area contributed by atoms with Crippen molar-refractivity contribution in [2.24, 2.45) is 0 Å². The van der Waals surface area contributed by atoms with Crippen LogP contribution in [0, 0.1) is 0 Å². The number of methoxy groups -OCH3 is 3. The van der Waals surface area contributed by atoms with Crippen LogP contribution in [0.1, 0.15) is 5.56 Å². The zero-order chi connectivity index (χ0) is 24.8. The van der Waals surface area contributed by atoms with Crippen LogP contribution in [0.25, 0.3) is 10.9 Å². The first kappa shape index (κ1) is 23.6. The van der Waals surface area contributed by atoms with Crippen molar-refractivity contribution >= 4 is 28.3 Å². The van der Waals surface area contributed by atoms with Gasteiger partial charge in [0.15, 0.2) is 11.5 Å². The summed E-state index contributed by atoms with van der Waals surface area (Å²) in [5, 5.41) is 6.76. The molecule has 0 unspecified atom stereocenters. The number of carbonyl (C=O) groups is 1. The normalized spacial score (nSPS) is 10.6. The molecule has 0 aliphatic carbocycles. The van der Waals surface area contributed by atoms with E-state index < -0.39 is 5.69 Å². The van der Waals surface area contributed by atoms with E-state index in [9.17, 15) is 9.59 Å². The summed E-state index contributed by atoms with van der Waals surface area (Å²) < 4.78 is 17.0. The molecule has 0 saturated carbocycles. The lowest BCUT2D eigenvalue weighted by molar-refractivity contribution is -0.116. The Bertz CT molecular complexity index is 1400. The third-order valence-electron chi connectivity index (χ3n) is 5.48. The van der Waals surface area contributed by atoms with Gasteiger partial charge in [0.1, 0.15) is 18.1 Å². The van der Waals surface area contributed by atoms with E-state index in [0.717, 1.165) is 16.7 Å². The second-order valence-corrected chi connectivity index (χ2v) is 7.67. The van der Waals surface area contributed by atoms with Crippen molar-refractivity contribution in [1.29, 1.82) is 0 Å². The minimum absolute atomic E-state index is 0.195. The maximum atomic E-state index is 12.9. The number of anilines is 2. The van der Waals surface area contributed by atoms with E-state index in [-0.39, 0.29) is 12.5 Å². The lowest BCUT2D eigenvalue weighted by Gasteiger charge is -2.14. The molecule has 0 atom stereocenters. The van der Waals surface area contributed by atoms with Crippen molar-refractivity contribution in [2.45, 2.75) is 13.1 Å². The van der Waals surface area contributed by atoms with Crippen molar-refractivity contribution in [3.63, 3.8) is 0 Å². The minimum atomic E-state index is -0.525. The SMILES string of the molecule is COc1ccc(CNc2nc(=O)n(CC(=O)Nc3ccc(OC)c(OC)c3)c3ccccc23)cc1. The number of para-hydroxylation sites is 1. The molecule has 2 N–H and O–H groups in total. The highest BCUT2D eigenvalue weighted by Crippen LogP contribution is 2.29. The molecular weight excluding hydrogens is 448 g/mol. The van der Waals surface area contributed by atoms with Gasteiger partial charge < -0.3 is 24.8 Å². The van der Waals surface area contributed by atoms with E-state index in [0.29, 0.717) is 35.1 Å². The largest absolute Gasteiger partial charge is 0.497 e. The fourth-order valence-electron chi connectivity index (χ4n) is 3.70. The molecule has 4 aromatic rings. The number of ether oxygens (including phenoxy) is 3. The number of nitrogens with zero attached hydrogens (tertiary/aromatic N) is 2. The van der Waals surface area contributed by atoms with Gasteiger partial charge in [0.05, 0.1) is 26.8 Å². The predicted octanol–water partition coefficient (Wildman–Crippen LogP) is 3.67. The first-order valence-electron chi connectivity index (χ1n) is 10.9. The van der Waals surface area contributed by atoms with E-state index in [1.54, 1.807) is 31.4 Å². The molecule has 1 aromatic heterocycles. The quantitative estimate of drug-likeness (QED) is 0.381.